The maximum Gasteiger partial charge on any atom is 0.257 e. The molecule has 2 aliphatic rings. The zero-order chi connectivity index (χ0) is 22.9. The van der Waals surface area contributed by atoms with Gasteiger partial charge >= 0.3 is 0 Å². The predicted octanol–water partition coefficient (Wildman–Crippen LogP) is 1.91. The largest absolute Gasteiger partial charge is 0.490 e. The van der Waals surface area contributed by atoms with Crippen molar-refractivity contribution in [3.8, 4) is 16.9 Å². The third-order valence-electron chi connectivity index (χ3n) is 6.05. The van der Waals surface area contributed by atoms with Crippen LogP contribution < -0.4 is 10.1 Å². The molecule has 1 N–H and O–H groups in total. The van der Waals surface area contributed by atoms with E-state index in [0.29, 0.717) is 49.0 Å². The lowest BCUT2D eigenvalue weighted by molar-refractivity contribution is -0.118. The van der Waals surface area contributed by atoms with Crippen molar-refractivity contribution in [3.63, 3.8) is 0 Å². The van der Waals surface area contributed by atoms with E-state index in [4.69, 9.17) is 9.26 Å². The molecule has 2 aliphatic heterocycles. The molecule has 0 radical (unpaired) electrons. The summed E-state index contributed by atoms with van der Waals surface area (Å²) < 4.78 is 11.4. The number of aromatic nitrogens is 3. The molecule has 0 aliphatic carbocycles. The van der Waals surface area contributed by atoms with Crippen LogP contribution in [0.4, 0.5) is 5.69 Å². The molecule has 33 heavy (non-hydrogen) atoms. The van der Waals surface area contributed by atoms with E-state index in [-0.39, 0.29) is 24.4 Å². The van der Waals surface area contributed by atoms with Crippen LogP contribution in [0.15, 0.2) is 41.4 Å². The molecule has 4 heterocycles. The molecule has 0 bridgehead atoms. The van der Waals surface area contributed by atoms with Crippen LogP contribution in [-0.2, 0) is 4.79 Å². The molecule has 170 valence electrons. The first kappa shape index (κ1) is 21.1. The van der Waals surface area contributed by atoms with Crippen LogP contribution in [0.25, 0.3) is 11.1 Å². The molecule has 0 spiro atoms. The van der Waals surface area contributed by atoms with E-state index in [1.165, 1.54) is 18.7 Å². The van der Waals surface area contributed by atoms with E-state index in [9.17, 15) is 9.59 Å². The normalized spacial score (nSPS) is 18.8. The Kier molecular flexibility index (Phi) is 5.51. The van der Waals surface area contributed by atoms with E-state index in [0.717, 1.165) is 16.8 Å². The van der Waals surface area contributed by atoms with Gasteiger partial charge < -0.3 is 19.5 Å². The number of rotatable bonds is 2. The molecular weight excluding hydrogens is 424 g/mol. The summed E-state index contributed by atoms with van der Waals surface area (Å²) in [5.74, 6) is 1.05. The Hall–Kier alpha value is -3.79. The van der Waals surface area contributed by atoms with Crippen LogP contribution in [0.3, 0.4) is 0 Å². The highest BCUT2D eigenvalue weighted by atomic mass is 16.5. The number of benzene rings is 1. The number of amides is 2. The Morgan fingerprint density at radius 3 is 2.76 bits per heavy atom. The molecule has 1 atom stereocenters. The summed E-state index contributed by atoms with van der Waals surface area (Å²) >= 11 is 0. The smallest absolute Gasteiger partial charge is 0.257 e. The van der Waals surface area contributed by atoms with Gasteiger partial charge in [0.1, 0.15) is 24.4 Å². The van der Waals surface area contributed by atoms with Crippen LogP contribution in [-0.4, -0.2) is 75.6 Å². The van der Waals surface area contributed by atoms with Crippen LogP contribution in [0, 0.1) is 13.8 Å². The van der Waals surface area contributed by atoms with Crippen molar-refractivity contribution in [3.05, 3.63) is 53.9 Å². The Balaban J connectivity index is 1.37. The van der Waals surface area contributed by atoms with Gasteiger partial charge in [0.2, 0.25) is 5.91 Å². The Morgan fingerprint density at radius 2 is 2.00 bits per heavy atom. The first-order valence-electron chi connectivity index (χ1n) is 10.8. The fourth-order valence-electron chi connectivity index (χ4n) is 4.40. The lowest BCUT2D eigenvalue weighted by atomic mass is 10.0. The fraction of sp³-hybridized carbons (Fsp3) is 0.348. The van der Waals surface area contributed by atoms with Gasteiger partial charge in [-0.1, -0.05) is 11.2 Å². The minimum atomic E-state index is -0.126. The molecule has 1 saturated heterocycles. The molecular formula is C23H24N6O4. The van der Waals surface area contributed by atoms with Gasteiger partial charge in [0.05, 0.1) is 29.5 Å². The van der Waals surface area contributed by atoms with Crippen LogP contribution >= 0.6 is 0 Å². The number of aryl methyl sites for hydroxylation is 2. The van der Waals surface area contributed by atoms with Crippen molar-refractivity contribution in [2.24, 2.45) is 0 Å². The molecule has 3 aromatic rings. The minimum absolute atomic E-state index is 0.119. The predicted molar refractivity (Wildman–Crippen MR) is 119 cm³/mol. The van der Waals surface area contributed by atoms with Crippen molar-refractivity contribution >= 4 is 17.5 Å². The molecule has 5 rings (SSSR count). The summed E-state index contributed by atoms with van der Waals surface area (Å²) in [5.41, 5.74) is 3.64. The molecule has 1 fully saturated rings. The van der Waals surface area contributed by atoms with E-state index in [1.807, 2.05) is 32.0 Å². The highest BCUT2D eigenvalue weighted by molar-refractivity contribution is 5.95. The van der Waals surface area contributed by atoms with Gasteiger partial charge in [0.25, 0.3) is 5.91 Å². The van der Waals surface area contributed by atoms with E-state index >= 15 is 0 Å². The number of hydrogen-bond acceptors (Lipinski definition) is 8. The van der Waals surface area contributed by atoms with Crippen LogP contribution in [0.1, 0.15) is 21.8 Å². The molecule has 1 aromatic carbocycles. The van der Waals surface area contributed by atoms with E-state index < -0.39 is 0 Å². The summed E-state index contributed by atoms with van der Waals surface area (Å²) in [7, 11) is 0. The molecule has 10 heteroatoms. The molecule has 0 saturated carbocycles. The van der Waals surface area contributed by atoms with Gasteiger partial charge in [0, 0.05) is 37.6 Å². The van der Waals surface area contributed by atoms with Gasteiger partial charge in [-0.2, -0.15) is 0 Å². The fourth-order valence-corrected chi connectivity index (χ4v) is 4.40. The highest BCUT2D eigenvalue weighted by Crippen LogP contribution is 2.34. The third kappa shape index (κ3) is 4.17. The second-order valence-corrected chi connectivity index (χ2v) is 8.27. The quantitative estimate of drug-likeness (QED) is 0.632. The molecule has 0 unspecified atom stereocenters. The number of nitrogens with zero attached hydrogens (tertiary/aromatic N) is 5. The van der Waals surface area contributed by atoms with Crippen LogP contribution in [0.5, 0.6) is 5.75 Å². The average molecular weight is 448 g/mol. The van der Waals surface area contributed by atoms with Gasteiger partial charge in [0.15, 0.2) is 0 Å². The topological polar surface area (TPSA) is 114 Å². The second kappa shape index (κ2) is 8.62. The first-order chi connectivity index (χ1) is 16.0. The third-order valence-corrected chi connectivity index (χ3v) is 6.05. The number of fused-ring (bicyclic) bond motifs is 2. The van der Waals surface area contributed by atoms with E-state index in [1.54, 1.807) is 4.90 Å². The summed E-state index contributed by atoms with van der Waals surface area (Å²) in [4.78, 5) is 37.4. The lowest BCUT2D eigenvalue weighted by Crippen LogP contribution is -2.57. The summed E-state index contributed by atoms with van der Waals surface area (Å²) in [6, 6.07) is 5.54. The maximum absolute atomic E-state index is 12.9. The summed E-state index contributed by atoms with van der Waals surface area (Å²) in [6.07, 6.45) is 4.43. The maximum atomic E-state index is 12.9. The Bertz CT molecular complexity index is 1180. The van der Waals surface area contributed by atoms with Crippen molar-refractivity contribution in [1.29, 1.82) is 0 Å². The molecule has 2 aromatic heterocycles. The number of anilines is 1. The summed E-state index contributed by atoms with van der Waals surface area (Å²) in [5, 5.41) is 7.00. The Morgan fingerprint density at radius 1 is 1.18 bits per heavy atom. The lowest BCUT2D eigenvalue weighted by Gasteiger charge is -2.40. The number of carbonyl (C=O) groups excluding carboxylic acids is 2. The SMILES string of the molecule is Cc1noc(C)c1-c1ccc2c(c1)NC(=O)CN1CCN(C(=O)c3cncnc3)C[C@@H]1CO2. The number of hydrogen-bond donors (Lipinski definition) is 1. The monoisotopic (exact) mass is 448 g/mol. The number of ether oxygens (including phenoxy) is 1. The number of carbonyl (C=O) groups is 2. The van der Waals surface area contributed by atoms with Crippen molar-refractivity contribution in [2.75, 3.05) is 38.1 Å². The van der Waals surface area contributed by atoms with Crippen molar-refractivity contribution < 1.29 is 18.8 Å². The van der Waals surface area contributed by atoms with E-state index in [2.05, 4.69) is 25.3 Å². The Labute approximate surface area is 190 Å². The zero-order valence-electron chi connectivity index (χ0n) is 18.4. The first-order valence-corrected chi connectivity index (χ1v) is 10.8. The number of piperazine rings is 1. The average Bonchev–Trinajstić information content (AvgIpc) is 3.19. The second-order valence-electron chi connectivity index (χ2n) is 8.27. The summed E-state index contributed by atoms with van der Waals surface area (Å²) in [6.45, 7) is 5.85. The molecule has 2 amide bonds. The van der Waals surface area contributed by atoms with Gasteiger partial charge in [-0.3, -0.25) is 14.5 Å². The highest BCUT2D eigenvalue weighted by Gasteiger charge is 2.33. The van der Waals surface area contributed by atoms with Crippen LogP contribution in [0.2, 0.25) is 0 Å². The van der Waals surface area contributed by atoms with Crippen molar-refractivity contribution in [1.82, 2.24) is 24.9 Å². The number of nitrogens with one attached hydrogen (secondary N) is 1. The van der Waals surface area contributed by atoms with Gasteiger partial charge in [-0.05, 0) is 31.5 Å². The minimum Gasteiger partial charge on any atom is -0.490 e. The zero-order valence-corrected chi connectivity index (χ0v) is 18.4. The van der Waals surface area contributed by atoms with Gasteiger partial charge in [-0.25, -0.2) is 9.97 Å². The van der Waals surface area contributed by atoms with Gasteiger partial charge in [-0.15, -0.1) is 0 Å². The van der Waals surface area contributed by atoms with Crippen molar-refractivity contribution in [2.45, 2.75) is 19.9 Å². The standard InChI is InChI=1S/C23H24N6O4/c1-14-22(15(2)33-27-14)16-3-4-20-19(7-16)26-21(30)11-28-5-6-29(10-18(28)12-32-20)23(31)17-8-24-13-25-9-17/h3-4,7-9,13,18H,5-6,10-12H2,1-2H3,(H,26,30)/t18-/m1/s1. The molecule has 10 nitrogen and oxygen atoms in total.